The average molecular weight is 287 g/mol. The van der Waals surface area contributed by atoms with Gasteiger partial charge in [-0.25, -0.2) is 13.4 Å². The van der Waals surface area contributed by atoms with Crippen molar-refractivity contribution in [3.05, 3.63) is 17.8 Å². The third-order valence-electron chi connectivity index (χ3n) is 2.29. The molecule has 1 rings (SSSR count). The summed E-state index contributed by atoms with van der Waals surface area (Å²) in [4.78, 5) is 15.0. The predicted molar refractivity (Wildman–Crippen MR) is 72.0 cm³/mol. The minimum Gasteiger partial charge on any atom is -0.466 e. The van der Waals surface area contributed by atoms with Gasteiger partial charge in [0.05, 0.1) is 30.7 Å². The summed E-state index contributed by atoms with van der Waals surface area (Å²) in [6.07, 6.45) is 1.18. The Morgan fingerprint density at radius 3 is 2.79 bits per heavy atom. The summed E-state index contributed by atoms with van der Waals surface area (Å²) in [5.74, 6) is -0.721. The third-order valence-corrected chi connectivity index (χ3v) is 3.55. The Hall–Kier alpha value is -1.83. The number of pyridine rings is 1. The van der Waals surface area contributed by atoms with Crippen LogP contribution in [0.25, 0.3) is 0 Å². The van der Waals surface area contributed by atoms with Crippen LogP contribution in [0.3, 0.4) is 0 Å². The number of hydrogen-bond acceptors (Lipinski definition) is 6. The molecule has 0 aliphatic heterocycles. The molecule has 0 fully saturated rings. The van der Waals surface area contributed by atoms with Crippen molar-refractivity contribution in [1.82, 2.24) is 4.98 Å². The van der Waals surface area contributed by atoms with Gasteiger partial charge in [0, 0.05) is 0 Å². The fourth-order valence-corrected chi connectivity index (χ4v) is 2.25. The van der Waals surface area contributed by atoms with E-state index in [0.29, 0.717) is 5.69 Å². The van der Waals surface area contributed by atoms with Crippen molar-refractivity contribution in [2.24, 2.45) is 0 Å². The number of nitrogens with zero attached hydrogens (tertiary/aromatic N) is 1. The Morgan fingerprint density at radius 1 is 1.53 bits per heavy atom. The maximum atomic E-state index is 11.7. The number of nitrogen functional groups attached to an aromatic ring is 1. The lowest BCUT2D eigenvalue weighted by molar-refractivity contribution is -0.142. The van der Waals surface area contributed by atoms with Gasteiger partial charge in [0.2, 0.25) is 10.0 Å². The molecule has 0 bridgehead atoms. The Bertz CT molecular complexity index is 557. The number of nitrogens with one attached hydrogen (secondary N) is 1. The summed E-state index contributed by atoms with van der Waals surface area (Å²) < 4.78 is 30.4. The number of carbonyl (C=O) groups is 1. The lowest BCUT2D eigenvalue weighted by Gasteiger charge is -2.08. The van der Waals surface area contributed by atoms with E-state index in [2.05, 4.69) is 14.4 Å². The minimum absolute atomic E-state index is 0.176. The van der Waals surface area contributed by atoms with Gasteiger partial charge in [0.25, 0.3) is 0 Å². The van der Waals surface area contributed by atoms with E-state index in [1.54, 1.807) is 13.8 Å². The van der Waals surface area contributed by atoms with E-state index in [9.17, 15) is 13.2 Å². The average Bonchev–Trinajstić information content (AvgIpc) is 2.32. The molecule has 0 atom stereocenters. The number of aryl methyl sites for hydroxylation is 1. The van der Waals surface area contributed by atoms with E-state index < -0.39 is 16.0 Å². The number of aromatic nitrogens is 1. The molecule has 0 saturated heterocycles. The molecule has 0 unspecified atom stereocenters. The van der Waals surface area contributed by atoms with Gasteiger partial charge < -0.3 is 10.5 Å². The van der Waals surface area contributed by atoms with Gasteiger partial charge in [0.1, 0.15) is 5.82 Å². The van der Waals surface area contributed by atoms with Crippen molar-refractivity contribution < 1.29 is 17.9 Å². The molecule has 3 N–H and O–H groups in total. The number of esters is 1. The molecular formula is C11H17N3O4S. The minimum atomic E-state index is -3.63. The van der Waals surface area contributed by atoms with Crippen LogP contribution in [0, 0.1) is 6.92 Å². The summed E-state index contributed by atoms with van der Waals surface area (Å²) in [6.45, 7) is 3.63. The van der Waals surface area contributed by atoms with E-state index in [1.807, 2.05) is 0 Å². The van der Waals surface area contributed by atoms with Crippen molar-refractivity contribution in [2.45, 2.75) is 20.3 Å². The van der Waals surface area contributed by atoms with E-state index in [-0.39, 0.29) is 24.6 Å². The molecule has 0 radical (unpaired) electrons. The van der Waals surface area contributed by atoms with E-state index in [4.69, 9.17) is 5.73 Å². The number of hydrogen-bond donors (Lipinski definition) is 2. The van der Waals surface area contributed by atoms with Gasteiger partial charge in [-0.2, -0.15) is 0 Å². The molecule has 1 aromatic heterocycles. The summed E-state index contributed by atoms with van der Waals surface area (Å²) >= 11 is 0. The topological polar surface area (TPSA) is 111 Å². The molecule has 8 heteroatoms. The molecular weight excluding hydrogens is 270 g/mol. The van der Waals surface area contributed by atoms with Crippen LogP contribution < -0.4 is 10.5 Å². The highest BCUT2D eigenvalue weighted by atomic mass is 32.2. The molecule has 1 aromatic rings. The van der Waals surface area contributed by atoms with Crippen LogP contribution in [-0.2, 0) is 19.6 Å². The van der Waals surface area contributed by atoms with Gasteiger partial charge in [0.15, 0.2) is 0 Å². The molecule has 7 nitrogen and oxygen atoms in total. The molecule has 0 aliphatic rings. The molecule has 0 aliphatic carbocycles. The quantitative estimate of drug-likeness (QED) is 0.744. The standard InChI is InChI=1S/C11H17N3O4S/c1-3-18-11(15)4-5-19(16,17)14-10-6-8(2)9(12)7-13-10/h6-7H,3-5,12H2,1-2H3,(H,13,14). The van der Waals surface area contributed by atoms with Gasteiger partial charge in [-0.3, -0.25) is 9.52 Å². The number of ether oxygens (including phenoxy) is 1. The largest absolute Gasteiger partial charge is 0.466 e. The zero-order valence-corrected chi connectivity index (χ0v) is 11.7. The maximum Gasteiger partial charge on any atom is 0.306 e. The smallest absolute Gasteiger partial charge is 0.306 e. The van der Waals surface area contributed by atoms with Crippen LogP contribution >= 0.6 is 0 Å². The second kappa shape index (κ2) is 6.37. The summed E-state index contributed by atoms with van der Waals surface area (Å²) in [7, 11) is -3.63. The zero-order valence-electron chi connectivity index (χ0n) is 10.8. The maximum absolute atomic E-state index is 11.7. The third kappa shape index (κ3) is 5.12. The van der Waals surface area contributed by atoms with Crippen LogP contribution in [0.1, 0.15) is 18.9 Å². The first kappa shape index (κ1) is 15.2. The lowest BCUT2D eigenvalue weighted by Crippen LogP contribution is -2.20. The normalized spacial score (nSPS) is 11.1. The Balaban J connectivity index is 2.64. The summed E-state index contributed by atoms with van der Waals surface area (Å²) in [6, 6.07) is 1.53. The highest BCUT2D eigenvalue weighted by Crippen LogP contribution is 2.14. The highest BCUT2D eigenvalue weighted by molar-refractivity contribution is 7.92. The lowest BCUT2D eigenvalue weighted by atomic mass is 10.2. The fourth-order valence-electron chi connectivity index (χ4n) is 1.28. The first-order valence-electron chi connectivity index (χ1n) is 5.72. The molecule has 106 valence electrons. The molecule has 0 aromatic carbocycles. The zero-order chi connectivity index (χ0) is 14.5. The molecule has 0 saturated carbocycles. The van der Waals surface area contributed by atoms with Crippen LogP contribution in [0.2, 0.25) is 0 Å². The van der Waals surface area contributed by atoms with Crippen molar-refractivity contribution in [3.8, 4) is 0 Å². The van der Waals surface area contributed by atoms with Crippen LogP contribution in [0.4, 0.5) is 11.5 Å². The molecule has 1 heterocycles. The summed E-state index contributed by atoms with van der Waals surface area (Å²) in [5.41, 5.74) is 6.78. The first-order chi connectivity index (χ1) is 8.84. The molecule has 19 heavy (non-hydrogen) atoms. The van der Waals surface area contributed by atoms with E-state index in [0.717, 1.165) is 5.56 Å². The fraction of sp³-hybridized carbons (Fsp3) is 0.455. The summed E-state index contributed by atoms with van der Waals surface area (Å²) in [5, 5.41) is 0. The van der Waals surface area contributed by atoms with E-state index in [1.165, 1.54) is 12.3 Å². The molecule has 0 spiro atoms. The van der Waals surface area contributed by atoms with Crippen LogP contribution in [-0.4, -0.2) is 31.7 Å². The van der Waals surface area contributed by atoms with Crippen LogP contribution in [0.5, 0.6) is 0 Å². The second-order valence-corrected chi connectivity index (χ2v) is 5.74. The first-order valence-corrected chi connectivity index (χ1v) is 7.37. The monoisotopic (exact) mass is 287 g/mol. The Kier molecular flexibility index (Phi) is 5.11. The van der Waals surface area contributed by atoms with Crippen molar-refractivity contribution in [3.63, 3.8) is 0 Å². The number of sulfonamides is 1. The highest BCUT2D eigenvalue weighted by Gasteiger charge is 2.15. The predicted octanol–water partition coefficient (Wildman–Crippen LogP) is 0.667. The Morgan fingerprint density at radius 2 is 2.21 bits per heavy atom. The van der Waals surface area contributed by atoms with Gasteiger partial charge >= 0.3 is 5.97 Å². The van der Waals surface area contributed by atoms with E-state index >= 15 is 0 Å². The number of carbonyl (C=O) groups excluding carboxylic acids is 1. The number of anilines is 2. The molecule has 0 amide bonds. The van der Waals surface area contributed by atoms with Gasteiger partial charge in [-0.15, -0.1) is 0 Å². The van der Waals surface area contributed by atoms with Crippen molar-refractivity contribution in [2.75, 3.05) is 22.8 Å². The van der Waals surface area contributed by atoms with Gasteiger partial charge in [-0.1, -0.05) is 0 Å². The number of nitrogens with two attached hydrogens (primary N) is 1. The Labute approximate surface area is 112 Å². The second-order valence-electron chi connectivity index (χ2n) is 3.90. The van der Waals surface area contributed by atoms with Crippen LogP contribution in [0.15, 0.2) is 12.3 Å². The van der Waals surface area contributed by atoms with Crippen molar-refractivity contribution in [1.29, 1.82) is 0 Å². The SMILES string of the molecule is CCOC(=O)CCS(=O)(=O)Nc1cc(C)c(N)cn1. The number of rotatable bonds is 6. The van der Waals surface area contributed by atoms with Gasteiger partial charge in [-0.05, 0) is 25.5 Å². The van der Waals surface area contributed by atoms with Crippen molar-refractivity contribution >= 4 is 27.5 Å².